The van der Waals surface area contributed by atoms with Crippen LogP contribution in [0, 0.1) is 17.6 Å². The van der Waals surface area contributed by atoms with Crippen LogP contribution >= 0.6 is 0 Å². The lowest BCUT2D eigenvalue weighted by Crippen LogP contribution is -2.40. The van der Waals surface area contributed by atoms with Crippen LogP contribution in [0.15, 0.2) is 108 Å². The van der Waals surface area contributed by atoms with Gasteiger partial charge in [0.15, 0.2) is 11.6 Å². The van der Waals surface area contributed by atoms with E-state index in [1.807, 2.05) is 30.4 Å². The van der Waals surface area contributed by atoms with Gasteiger partial charge in [-0.25, -0.2) is 33.7 Å². The van der Waals surface area contributed by atoms with Crippen molar-refractivity contribution in [3.05, 3.63) is 107 Å². The topological polar surface area (TPSA) is 106 Å². The van der Waals surface area contributed by atoms with Crippen molar-refractivity contribution in [3.8, 4) is 0 Å². The minimum atomic E-state index is -0.485. The van der Waals surface area contributed by atoms with E-state index in [0.29, 0.717) is 40.6 Å². The quantitative estimate of drug-likeness (QED) is 0.180. The van der Waals surface area contributed by atoms with Crippen LogP contribution in [0.5, 0.6) is 0 Å². The Hall–Kier alpha value is -5.78. The lowest BCUT2D eigenvalue weighted by Gasteiger charge is -2.32. The van der Waals surface area contributed by atoms with Crippen molar-refractivity contribution >= 4 is 58.5 Å². The van der Waals surface area contributed by atoms with Gasteiger partial charge in [-0.15, -0.1) is 0 Å². The fraction of sp³-hybridized carbons (Fsp3) is 0.300. The minimum absolute atomic E-state index is 0.0269. The molecular formula is C40H38F2N8O2. The van der Waals surface area contributed by atoms with Crippen LogP contribution < -0.4 is 15.5 Å². The number of furan rings is 2. The molecule has 264 valence electrons. The average molecular weight is 701 g/mol. The van der Waals surface area contributed by atoms with Gasteiger partial charge < -0.3 is 24.4 Å². The number of nitrogens with one attached hydrogen (secondary N) is 2. The largest absolute Gasteiger partial charge is 0.446 e. The Kier molecular flexibility index (Phi) is 8.50. The first-order valence-corrected chi connectivity index (χ1v) is 18.1. The number of benzene rings is 2. The fourth-order valence-corrected chi connectivity index (χ4v) is 7.72. The maximum atomic E-state index is 14.7. The third kappa shape index (κ3) is 6.33. The summed E-state index contributed by atoms with van der Waals surface area (Å²) < 4.78 is 40.3. The number of hydrogen-bond acceptors (Lipinski definition) is 10. The average Bonchev–Trinajstić information content (AvgIpc) is 3.78. The molecule has 2 aromatic carbocycles. The molecule has 1 saturated carbocycles. The van der Waals surface area contributed by atoms with Gasteiger partial charge in [0.25, 0.3) is 0 Å². The van der Waals surface area contributed by atoms with E-state index in [2.05, 4.69) is 43.7 Å². The maximum Gasteiger partial charge on any atom is 0.239 e. The van der Waals surface area contributed by atoms with Gasteiger partial charge in [0.2, 0.25) is 23.7 Å². The van der Waals surface area contributed by atoms with Crippen molar-refractivity contribution in [1.82, 2.24) is 4.90 Å². The van der Waals surface area contributed by atoms with Gasteiger partial charge >= 0.3 is 0 Å². The van der Waals surface area contributed by atoms with Crippen LogP contribution in [-0.2, 0) is 6.42 Å². The van der Waals surface area contributed by atoms with E-state index in [1.54, 1.807) is 4.90 Å². The van der Waals surface area contributed by atoms with Crippen molar-refractivity contribution in [2.45, 2.75) is 57.8 Å². The van der Waals surface area contributed by atoms with Crippen molar-refractivity contribution in [2.24, 2.45) is 25.9 Å². The Morgan fingerprint density at radius 3 is 2.17 bits per heavy atom. The second kappa shape index (κ2) is 13.7. The van der Waals surface area contributed by atoms with Gasteiger partial charge in [0.1, 0.15) is 6.34 Å². The number of nitrogens with zero attached hydrogens (tertiary/aromatic N) is 6. The van der Waals surface area contributed by atoms with E-state index in [4.69, 9.17) is 18.8 Å². The number of guanidine groups is 2. The summed E-state index contributed by atoms with van der Waals surface area (Å²) in [7, 11) is 0. The highest BCUT2D eigenvalue weighted by atomic mass is 19.1. The van der Waals surface area contributed by atoms with E-state index in [1.165, 1.54) is 75.1 Å². The predicted molar refractivity (Wildman–Crippen MR) is 201 cm³/mol. The number of anilines is 5. The van der Waals surface area contributed by atoms with E-state index < -0.39 is 11.6 Å². The smallest absolute Gasteiger partial charge is 0.239 e. The first kappa shape index (κ1) is 32.1. The third-order valence-corrected chi connectivity index (χ3v) is 10.4. The van der Waals surface area contributed by atoms with E-state index in [-0.39, 0.29) is 11.8 Å². The molecule has 12 heteroatoms. The highest BCUT2D eigenvalue weighted by Gasteiger charge is 2.32. The van der Waals surface area contributed by atoms with Crippen LogP contribution in [0.3, 0.4) is 0 Å². The number of halogens is 2. The van der Waals surface area contributed by atoms with Crippen molar-refractivity contribution in [1.29, 1.82) is 0 Å². The first-order chi connectivity index (χ1) is 25.6. The lowest BCUT2D eigenvalue weighted by molar-refractivity contribution is 0.357. The summed E-state index contributed by atoms with van der Waals surface area (Å²) in [5.41, 5.74) is 7.07. The zero-order valence-corrected chi connectivity index (χ0v) is 28.6. The van der Waals surface area contributed by atoms with Crippen LogP contribution in [0.1, 0.15) is 68.1 Å². The van der Waals surface area contributed by atoms with Gasteiger partial charge in [-0.2, -0.15) is 0 Å². The minimum Gasteiger partial charge on any atom is -0.446 e. The summed E-state index contributed by atoms with van der Waals surface area (Å²) in [4.78, 5) is 23.0. The summed E-state index contributed by atoms with van der Waals surface area (Å²) in [5, 5.41) is 6.38. The molecule has 9 rings (SSSR count). The van der Waals surface area contributed by atoms with Gasteiger partial charge in [-0.3, -0.25) is 0 Å². The molecule has 2 aromatic heterocycles. The zero-order valence-electron chi connectivity index (χ0n) is 28.6. The Bertz CT molecular complexity index is 2200. The van der Waals surface area contributed by atoms with Gasteiger partial charge in [0, 0.05) is 42.0 Å². The molecule has 10 nitrogen and oxygen atoms in total. The molecule has 52 heavy (non-hydrogen) atoms. The van der Waals surface area contributed by atoms with Gasteiger partial charge in [0.05, 0.1) is 41.0 Å². The van der Waals surface area contributed by atoms with Crippen LogP contribution in [0.2, 0.25) is 0 Å². The summed E-state index contributed by atoms with van der Waals surface area (Å²) in [6, 6.07) is 14.9. The van der Waals surface area contributed by atoms with Crippen molar-refractivity contribution in [3.63, 3.8) is 0 Å². The highest BCUT2D eigenvalue weighted by molar-refractivity contribution is 6.24. The molecule has 2 N–H and O–H groups in total. The van der Waals surface area contributed by atoms with E-state index >= 15 is 0 Å². The number of aliphatic imine (C=N–C) groups is 4. The van der Waals surface area contributed by atoms with Crippen LogP contribution in [0.25, 0.3) is 5.70 Å². The standard InChI is InChI=1S/C40H38F2N8O2/c41-31-13-17-51-37(31)45-33-20-26(19-25-7-3-1-4-8-25)9-11-29(33)35-22-28-23-36(48-40-44-24-43-39(47-35)50(28)40)30-12-10-27(49-15-5-2-6-16-49)21-34(30)46-38-32(42)14-18-52-38/h9-14,17-18,20-25,45-46H,1-8,15-16,19H2. The van der Waals surface area contributed by atoms with Crippen LogP contribution in [0.4, 0.5) is 37.6 Å². The second-order valence-electron chi connectivity index (χ2n) is 13.8. The number of allylic oxidation sites excluding steroid dienone is 2. The van der Waals surface area contributed by atoms with Gasteiger partial charge in [-0.05, 0) is 73.6 Å². The summed E-state index contributed by atoms with van der Waals surface area (Å²) >= 11 is 0. The molecule has 0 atom stereocenters. The molecule has 0 amide bonds. The fourth-order valence-electron chi connectivity index (χ4n) is 7.72. The van der Waals surface area contributed by atoms with Crippen molar-refractivity contribution in [2.75, 3.05) is 28.6 Å². The monoisotopic (exact) mass is 700 g/mol. The third-order valence-electron chi connectivity index (χ3n) is 10.4. The normalized spacial score (nSPS) is 18.6. The number of rotatable bonds is 9. The Labute approximate surface area is 300 Å². The van der Waals surface area contributed by atoms with E-state index in [0.717, 1.165) is 54.9 Å². The van der Waals surface area contributed by atoms with Gasteiger partial charge in [-0.1, -0.05) is 44.2 Å². The number of piperidine rings is 1. The first-order valence-electron chi connectivity index (χ1n) is 18.1. The molecule has 4 aliphatic heterocycles. The molecular weight excluding hydrogens is 662 g/mol. The molecule has 6 heterocycles. The highest BCUT2D eigenvalue weighted by Crippen LogP contribution is 2.38. The number of hydrogen-bond donors (Lipinski definition) is 2. The molecule has 1 saturated heterocycles. The Balaban J connectivity index is 1.11. The van der Waals surface area contributed by atoms with Crippen LogP contribution in [-0.4, -0.2) is 42.0 Å². The molecule has 4 aromatic rings. The Morgan fingerprint density at radius 1 is 0.731 bits per heavy atom. The van der Waals surface area contributed by atoms with Crippen molar-refractivity contribution < 1.29 is 17.6 Å². The molecule has 0 radical (unpaired) electrons. The molecule has 2 fully saturated rings. The lowest BCUT2D eigenvalue weighted by atomic mass is 9.84. The summed E-state index contributed by atoms with van der Waals surface area (Å²) in [5.74, 6) is 0.560. The summed E-state index contributed by atoms with van der Waals surface area (Å²) in [6.07, 6.45) is 18.7. The Morgan fingerprint density at radius 2 is 1.44 bits per heavy atom. The second-order valence-corrected chi connectivity index (χ2v) is 13.8. The molecule has 0 bridgehead atoms. The van der Waals surface area contributed by atoms with E-state index in [9.17, 15) is 8.78 Å². The molecule has 0 unspecified atom stereocenters. The maximum absolute atomic E-state index is 14.7. The summed E-state index contributed by atoms with van der Waals surface area (Å²) in [6.45, 7) is 1.93. The molecule has 0 spiro atoms. The molecule has 1 aliphatic carbocycles. The zero-order chi connectivity index (χ0) is 35.0. The predicted octanol–water partition coefficient (Wildman–Crippen LogP) is 9.55. The molecule has 5 aliphatic rings. The SMILES string of the molecule is Fc1ccoc1Nc1cc(N2CCCCC2)ccc1C1=CC2=CC(c3ccc(CC4CCCCC4)cc3Nc3occc3F)=NC3=NC=NC(=N1)N23.